The lowest BCUT2D eigenvalue weighted by Crippen LogP contribution is -2.32. The van der Waals surface area contributed by atoms with Crippen LogP contribution >= 0.6 is 0 Å². The van der Waals surface area contributed by atoms with Gasteiger partial charge in [0.25, 0.3) is 5.71 Å². The van der Waals surface area contributed by atoms with Crippen molar-refractivity contribution in [2.45, 2.75) is 32.8 Å². The minimum atomic E-state index is -1.22. The lowest BCUT2D eigenvalue weighted by atomic mass is 10.1. The van der Waals surface area contributed by atoms with Gasteiger partial charge in [0.15, 0.2) is 0 Å². The molecule has 0 radical (unpaired) electrons. The van der Waals surface area contributed by atoms with Crippen LogP contribution in [0.25, 0.3) is 0 Å². The number of fused-ring (bicyclic) bond motifs is 1. The highest BCUT2D eigenvalue weighted by atomic mass is 16.6. The second kappa shape index (κ2) is 4.63. The second-order valence-electron chi connectivity index (χ2n) is 5.52. The van der Waals surface area contributed by atoms with Gasteiger partial charge in [-0.2, -0.15) is 4.79 Å². The Bertz CT molecular complexity index is 625. The van der Waals surface area contributed by atoms with E-state index in [9.17, 15) is 19.8 Å². The lowest BCUT2D eigenvalue weighted by Gasteiger charge is -2.16. The molecule has 106 valence electrons. The summed E-state index contributed by atoms with van der Waals surface area (Å²) in [5.74, 6) is -1.25. The van der Waals surface area contributed by atoms with Gasteiger partial charge in [0.2, 0.25) is 5.69 Å². The number of nitrogens with zero attached hydrogens (tertiary/aromatic N) is 1. The maximum absolute atomic E-state index is 12.2. The Balaban J connectivity index is 2.52. The fourth-order valence-electron chi connectivity index (χ4n) is 2.03. The Morgan fingerprint density at radius 2 is 1.95 bits per heavy atom. The highest BCUT2D eigenvalue weighted by molar-refractivity contribution is 6.35. The molecule has 1 aromatic rings. The van der Waals surface area contributed by atoms with Crippen molar-refractivity contribution in [3.8, 4) is 5.75 Å². The third kappa shape index (κ3) is 2.49. The van der Waals surface area contributed by atoms with Gasteiger partial charge in [0, 0.05) is 6.07 Å². The third-order valence-electron chi connectivity index (χ3n) is 2.80. The molecule has 2 rings (SSSR count). The number of ether oxygens (including phenoxy) is 1. The summed E-state index contributed by atoms with van der Waals surface area (Å²) in [5.41, 5.74) is -0.108. The number of rotatable bonds is 1. The first kappa shape index (κ1) is 14.0. The van der Waals surface area contributed by atoms with Gasteiger partial charge in [-0.3, -0.25) is 0 Å². The van der Waals surface area contributed by atoms with E-state index in [0.29, 0.717) is 11.3 Å². The maximum Gasteiger partial charge on any atom is 0.603 e. The topological polar surface area (TPSA) is 86.8 Å². The molecule has 1 aromatic carbocycles. The van der Waals surface area contributed by atoms with Gasteiger partial charge in [-0.15, -0.1) is 0 Å². The first-order chi connectivity index (χ1) is 9.20. The minimum absolute atomic E-state index is 0.0173. The standard InChI is InChI=1S/C14H15NO5/c1-14(2,3)20-13(19)15-9-5-4-6-11(16)8(9)7-10(15)12(17)18/h4-6H,7H2,1-3H3,(H-,16,17,18)/p+1. The zero-order valence-corrected chi connectivity index (χ0v) is 11.5. The highest BCUT2D eigenvalue weighted by Crippen LogP contribution is 2.34. The van der Waals surface area contributed by atoms with E-state index in [-0.39, 0.29) is 17.9 Å². The number of carbonyl (C=O) groups is 2. The molecule has 0 spiro atoms. The van der Waals surface area contributed by atoms with Crippen LogP contribution in [0.4, 0.5) is 10.5 Å². The molecule has 1 aliphatic heterocycles. The molecule has 0 fully saturated rings. The fraction of sp³-hybridized carbons (Fsp3) is 0.357. The summed E-state index contributed by atoms with van der Waals surface area (Å²) in [6.07, 6.45) is -0.782. The smallest absolute Gasteiger partial charge is 0.507 e. The van der Waals surface area contributed by atoms with E-state index in [1.165, 1.54) is 6.07 Å². The van der Waals surface area contributed by atoms with E-state index >= 15 is 0 Å². The number of amides is 1. The number of hydrogen-bond donors (Lipinski definition) is 2. The van der Waals surface area contributed by atoms with E-state index in [2.05, 4.69) is 0 Å². The van der Waals surface area contributed by atoms with Crippen molar-refractivity contribution in [2.24, 2.45) is 0 Å². The number of carboxylic acids is 1. The molecule has 0 atom stereocenters. The number of carboxylic acid groups (broad SMARTS) is 1. The number of hydrogen-bond acceptors (Lipinski definition) is 4. The summed E-state index contributed by atoms with van der Waals surface area (Å²) in [6.45, 7) is 5.10. The van der Waals surface area contributed by atoms with Gasteiger partial charge in [-0.05, 0) is 26.8 Å². The first-order valence-corrected chi connectivity index (χ1v) is 6.14. The van der Waals surface area contributed by atoms with Gasteiger partial charge in [0.1, 0.15) is 11.4 Å². The third-order valence-corrected chi connectivity index (χ3v) is 2.80. The quantitative estimate of drug-likeness (QED) is 0.768. The van der Waals surface area contributed by atoms with Crippen LogP contribution in [-0.4, -0.2) is 38.2 Å². The Hall–Kier alpha value is -2.37. The molecule has 6 heteroatoms. The van der Waals surface area contributed by atoms with Gasteiger partial charge < -0.3 is 14.9 Å². The molecule has 6 nitrogen and oxygen atoms in total. The van der Waals surface area contributed by atoms with Crippen LogP contribution in [-0.2, 0) is 16.0 Å². The summed E-state index contributed by atoms with van der Waals surface area (Å²) >= 11 is 0. The maximum atomic E-state index is 12.2. The summed E-state index contributed by atoms with van der Waals surface area (Å²) in [7, 11) is 0. The zero-order valence-electron chi connectivity index (χ0n) is 11.5. The molecule has 0 saturated heterocycles. The molecular formula is C14H16NO5+. The van der Waals surface area contributed by atoms with Crippen molar-refractivity contribution in [1.29, 1.82) is 0 Å². The molecule has 2 N–H and O–H groups in total. The average molecular weight is 278 g/mol. The molecule has 1 aliphatic rings. The summed E-state index contributed by atoms with van der Waals surface area (Å²) in [5, 5.41) is 19.0. The van der Waals surface area contributed by atoms with E-state index < -0.39 is 17.7 Å². The lowest BCUT2D eigenvalue weighted by molar-refractivity contribution is -0.361. The molecule has 1 amide bonds. The molecule has 0 unspecified atom stereocenters. The van der Waals surface area contributed by atoms with Crippen molar-refractivity contribution < 1.29 is 29.1 Å². The number of aromatic hydroxyl groups is 1. The van der Waals surface area contributed by atoms with E-state index in [1.807, 2.05) is 0 Å². The van der Waals surface area contributed by atoms with E-state index in [4.69, 9.17) is 4.74 Å². The molecule has 0 aliphatic carbocycles. The molecule has 0 aromatic heterocycles. The molecule has 0 saturated carbocycles. The Morgan fingerprint density at radius 3 is 2.50 bits per heavy atom. The molecule has 1 heterocycles. The first-order valence-electron chi connectivity index (χ1n) is 6.14. The molecule has 20 heavy (non-hydrogen) atoms. The van der Waals surface area contributed by atoms with Gasteiger partial charge in [-0.1, -0.05) is 10.6 Å². The zero-order chi connectivity index (χ0) is 15.1. The highest BCUT2D eigenvalue weighted by Gasteiger charge is 2.43. The van der Waals surface area contributed by atoms with Gasteiger partial charge >= 0.3 is 12.1 Å². The van der Waals surface area contributed by atoms with Crippen LogP contribution in [0.1, 0.15) is 26.3 Å². The van der Waals surface area contributed by atoms with Crippen LogP contribution < -0.4 is 0 Å². The largest absolute Gasteiger partial charge is 0.603 e. The van der Waals surface area contributed by atoms with Crippen LogP contribution in [0.15, 0.2) is 18.2 Å². The molecule has 0 bridgehead atoms. The predicted octanol–water partition coefficient (Wildman–Crippen LogP) is 2.05. The summed E-state index contributed by atoms with van der Waals surface area (Å²) in [6, 6.07) is 4.59. The monoisotopic (exact) mass is 278 g/mol. The minimum Gasteiger partial charge on any atom is -0.507 e. The van der Waals surface area contributed by atoms with Crippen molar-refractivity contribution in [3.05, 3.63) is 23.8 Å². The van der Waals surface area contributed by atoms with Crippen molar-refractivity contribution in [1.82, 2.24) is 0 Å². The fourth-order valence-corrected chi connectivity index (χ4v) is 2.03. The van der Waals surface area contributed by atoms with Crippen LogP contribution in [0.2, 0.25) is 0 Å². The Morgan fingerprint density at radius 1 is 1.30 bits per heavy atom. The van der Waals surface area contributed by atoms with Crippen LogP contribution in [0.3, 0.4) is 0 Å². The summed E-state index contributed by atoms with van der Waals surface area (Å²) in [4.78, 5) is 23.5. The van der Waals surface area contributed by atoms with Gasteiger partial charge in [-0.25, -0.2) is 4.79 Å². The number of aliphatic carboxylic acids is 1. The summed E-state index contributed by atoms with van der Waals surface area (Å²) < 4.78 is 6.22. The van der Waals surface area contributed by atoms with E-state index in [0.717, 1.165) is 4.58 Å². The van der Waals surface area contributed by atoms with Gasteiger partial charge in [0.05, 0.1) is 12.0 Å². The van der Waals surface area contributed by atoms with Crippen molar-refractivity contribution in [3.63, 3.8) is 0 Å². The average Bonchev–Trinajstić information content (AvgIpc) is 2.67. The van der Waals surface area contributed by atoms with Crippen molar-refractivity contribution >= 4 is 23.5 Å². The normalized spacial score (nSPS) is 14.2. The number of carbonyl (C=O) groups excluding carboxylic acids is 1. The van der Waals surface area contributed by atoms with Crippen molar-refractivity contribution in [2.75, 3.05) is 0 Å². The van der Waals surface area contributed by atoms with Crippen LogP contribution in [0, 0.1) is 0 Å². The predicted molar refractivity (Wildman–Crippen MR) is 70.6 cm³/mol. The van der Waals surface area contributed by atoms with Crippen LogP contribution in [0.5, 0.6) is 5.75 Å². The second-order valence-corrected chi connectivity index (χ2v) is 5.52. The number of phenols is 1. The Labute approximate surface area is 115 Å². The number of phenolic OH excluding ortho intramolecular Hbond substituents is 1. The Kier molecular flexibility index (Phi) is 3.25. The van der Waals surface area contributed by atoms with E-state index in [1.54, 1.807) is 32.9 Å². The number of benzene rings is 1. The SMILES string of the molecule is CC(C)(C)OC(=O)[N+]1=C(C(=O)O)Cc2c(O)cccc21. The molecular weight excluding hydrogens is 262 g/mol.